The van der Waals surface area contributed by atoms with E-state index in [-0.39, 0.29) is 12.5 Å². The fraction of sp³-hybridized carbons (Fsp3) is 0.455. The second kappa shape index (κ2) is 9.94. The first kappa shape index (κ1) is 22.8. The molecule has 0 amide bonds. The van der Waals surface area contributed by atoms with Crippen molar-refractivity contribution in [2.45, 2.75) is 43.6 Å². The molecule has 0 heterocycles. The van der Waals surface area contributed by atoms with Crippen LogP contribution in [0.5, 0.6) is 11.5 Å². The second-order valence-corrected chi connectivity index (χ2v) is 9.14. The average Bonchev–Trinajstić information content (AvgIpc) is 3.13. The highest BCUT2D eigenvalue weighted by Gasteiger charge is 2.38. The SMILES string of the molecule is COc1ccccc1CCCOc1ccc([C@@H]2CC[C@](N)(COP(=O)(O)O)C2)cc1. The van der Waals surface area contributed by atoms with Crippen molar-refractivity contribution in [1.29, 1.82) is 0 Å². The fourth-order valence-corrected chi connectivity index (χ4v) is 4.41. The summed E-state index contributed by atoms with van der Waals surface area (Å²) in [4.78, 5) is 17.8. The van der Waals surface area contributed by atoms with Crippen molar-refractivity contribution in [2.75, 3.05) is 20.3 Å². The van der Waals surface area contributed by atoms with Crippen molar-refractivity contribution in [1.82, 2.24) is 0 Å². The van der Waals surface area contributed by atoms with Crippen molar-refractivity contribution >= 4 is 7.82 Å². The molecular formula is C22H30NO6P. The highest BCUT2D eigenvalue weighted by Crippen LogP contribution is 2.43. The van der Waals surface area contributed by atoms with Gasteiger partial charge in [0.05, 0.1) is 20.3 Å². The zero-order valence-electron chi connectivity index (χ0n) is 17.2. The highest BCUT2D eigenvalue weighted by molar-refractivity contribution is 7.46. The molecule has 2 atom stereocenters. The number of rotatable bonds is 10. The normalized spacial score (nSPS) is 21.5. The maximum Gasteiger partial charge on any atom is 0.469 e. The van der Waals surface area contributed by atoms with E-state index in [2.05, 4.69) is 10.6 Å². The number of hydrogen-bond donors (Lipinski definition) is 3. The Kier molecular flexibility index (Phi) is 7.55. The van der Waals surface area contributed by atoms with E-state index in [0.717, 1.165) is 36.3 Å². The predicted molar refractivity (Wildman–Crippen MR) is 115 cm³/mol. The molecule has 4 N–H and O–H groups in total. The number of ether oxygens (including phenoxy) is 2. The molecule has 0 aliphatic heterocycles. The van der Waals surface area contributed by atoms with Crippen molar-refractivity contribution in [3.05, 3.63) is 59.7 Å². The summed E-state index contributed by atoms with van der Waals surface area (Å²) in [7, 11) is -2.82. The van der Waals surface area contributed by atoms with Gasteiger partial charge >= 0.3 is 7.82 Å². The summed E-state index contributed by atoms with van der Waals surface area (Å²) < 4.78 is 26.8. The molecule has 1 fully saturated rings. The molecule has 0 saturated heterocycles. The predicted octanol–water partition coefficient (Wildman–Crippen LogP) is 3.78. The van der Waals surface area contributed by atoms with E-state index < -0.39 is 13.4 Å². The van der Waals surface area contributed by atoms with Gasteiger partial charge in [0.1, 0.15) is 11.5 Å². The molecule has 0 radical (unpaired) electrons. The number of nitrogens with two attached hydrogens (primary N) is 1. The molecule has 1 aliphatic carbocycles. The van der Waals surface area contributed by atoms with Gasteiger partial charge in [0.25, 0.3) is 0 Å². The van der Waals surface area contributed by atoms with Gasteiger partial charge in [-0.15, -0.1) is 0 Å². The number of phosphoric ester groups is 1. The molecule has 0 aromatic heterocycles. The van der Waals surface area contributed by atoms with Gasteiger partial charge < -0.3 is 25.0 Å². The molecular weight excluding hydrogens is 405 g/mol. The van der Waals surface area contributed by atoms with Gasteiger partial charge in [0.2, 0.25) is 0 Å². The molecule has 0 unspecified atom stereocenters. The van der Waals surface area contributed by atoms with Crippen LogP contribution in [-0.4, -0.2) is 35.6 Å². The number of hydrogen-bond acceptors (Lipinski definition) is 5. The summed E-state index contributed by atoms with van der Waals surface area (Å²) in [5.41, 5.74) is 7.89. The third kappa shape index (κ3) is 6.56. The Morgan fingerprint density at radius 3 is 2.60 bits per heavy atom. The minimum absolute atomic E-state index is 0.138. The first-order valence-electron chi connectivity index (χ1n) is 10.1. The minimum Gasteiger partial charge on any atom is -0.496 e. The van der Waals surface area contributed by atoms with Gasteiger partial charge in [-0.05, 0) is 67.3 Å². The van der Waals surface area contributed by atoms with Crippen LogP contribution in [0.3, 0.4) is 0 Å². The number of methoxy groups -OCH3 is 1. The standard InChI is InChI=1S/C22H30NO6P/c1-27-21-7-3-2-5-18(21)6-4-14-28-20-10-8-17(9-11-20)19-12-13-22(23,15-19)16-29-30(24,25)26/h2-3,5,7-11,19H,4,6,12-16,23H2,1H3,(H2,24,25,26)/t19-,22-/m1/s1. The molecule has 3 rings (SSSR count). The maximum absolute atomic E-state index is 10.9. The van der Waals surface area contributed by atoms with Crippen molar-refractivity contribution < 1.29 is 28.3 Å². The van der Waals surface area contributed by atoms with Crippen LogP contribution < -0.4 is 15.2 Å². The lowest BCUT2D eigenvalue weighted by atomic mass is 9.94. The van der Waals surface area contributed by atoms with Crippen LogP contribution in [0.25, 0.3) is 0 Å². The fourth-order valence-electron chi connectivity index (χ4n) is 3.98. The van der Waals surface area contributed by atoms with Crippen molar-refractivity contribution in [3.63, 3.8) is 0 Å². The summed E-state index contributed by atoms with van der Waals surface area (Å²) >= 11 is 0. The van der Waals surface area contributed by atoms with Gasteiger partial charge in [0.15, 0.2) is 0 Å². The molecule has 30 heavy (non-hydrogen) atoms. The van der Waals surface area contributed by atoms with Crippen LogP contribution in [0.2, 0.25) is 0 Å². The van der Waals surface area contributed by atoms with E-state index in [1.807, 2.05) is 42.5 Å². The third-order valence-corrected chi connectivity index (χ3v) is 6.03. The number of phosphoric acid groups is 1. The Bertz CT molecular complexity index is 868. The summed E-state index contributed by atoms with van der Waals surface area (Å²) in [6, 6.07) is 16.0. The lowest BCUT2D eigenvalue weighted by Crippen LogP contribution is -2.41. The van der Waals surface area contributed by atoms with Crippen LogP contribution in [0, 0.1) is 0 Å². The Morgan fingerprint density at radius 1 is 1.17 bits per heavy atom. The molecule has 0 bridgehead atoms. The number of benzene rings is 2. The zero-order chi connectivity index (χ0) is 21.6. The Balaban J connectivity index is 1.45. The topological polar surface area (TPSA) is 111 Å². The van der Waals surface area contributed by atoms with Gasteiger partial charge in [-0.1, -0.05) is 30.3 Å². The highest BCUT2D eigenvalue weighted by atomic mass is 31.2. The van der Waals surface area contributed by atoms with E-state index in [0.29, 0.717) is 19.4 Å². The van der Waals surface area contributed by atoms with Gasteiger partial charge in [-0.3, -0.25) is 4.52 Å². The van der Waals surface area contributed by atoms with Crippen molar-refractivity contribution in [2.24, 2.45) is 5.73 Å². The van der Waals surface area contributed by atoms with E-state index >= 15 is 0 Å². The molecule has 2 aromatic rings. The van der Waals surface area contributed by atoms with Crippen molar-refractivity contribution in [3.8, 4) is 11.5 Å². The average molecular weight is 435 g/mol. The Morgan fingerprint density at radius 2 is 1.90 bits per heavy atom. The monoisotopic (exact) mass is 435 g/mol. The van der Waals surface area contributed by atoms with E-state index in [1.165, 1.54) is 5.56 Å². The van der Waals surface area contributed by atoms with Gasteiger partial charge in [-0.25, -0.2) is 4.57 Å². The molecule has 164 valence electrons. The maximum atomic E-state index is 10.9. The third-order valence-electron chi connectivity index (χ3n) is 5.57. The first-order valence-corrected chi connectivity index (χ1v) is 11.6. The minimum atomic E-state index is -4.50. The summed E-state index contributed by atoms with van der Waals surface area (Å²) in [6.07, 6.45) is 3.94. The molecule has 0 spiro atoms. The number of aryl methyl sites for hydroxylation is 1. The Hall–Kier alpha value is -1.89. The summed E-state index contributed by atoms with van der Waals surface area (Å²) in [5.74, 6) is 1.97. The van der Waals surface area contributed by atoms with Crippen LogP contribution in [-0.2, 0) is 15.5 Å². The molecule has 1 saturated carbocycles. The van der Waals surface area contributed by atoms with Crippen LogP contribution in [0.1, 0.15) is 42.7 Å². The second-order valence-electron chi connectivity index (χ2n) is 7.90. The molecule has 8 heteroatoms. The lowest BCUT2D eigenvalue weighted by Gasteiger charge is -2.24. The molecule has 2 aromatic carbocycles. The van der Waals surface area contributed by atoms with Gasteiger partial charge in [-0.2, -0.15) is 0 Å². The quantitative estimate of drug-likeness (QED) is 0.385. The molecule has 7 nitrogen and oxygen atoms in total. The first-order chi connectivity index (χ1) is 14.3. The van der Waals surface area contributed by atoms with Crippen LogP contribution >= 0.6 is 7.82 Å². The van der Waals surface area contributed by atoms with Crippen LogP contribution in [0.15, 0.2) is 48.5 Å². The van der Waals surface area contributed by atoms with Crippen LogP contribution in [0.4, 0.5) is 0 Å². The summed E-state index contributed by atoms with van der Waals surface area (Å²) in [5, 5.41) is 0. The molecule has 1 aliphatic rings. The smallest absolute Gasteiger partial charge is 0.469 e. The largest absolute Gasteiger partial charge is 0.496 e. The zero-order valence-corrected chi connectivity index (χ0v) is 18.1. The van der Waals surface area contributed by atoms with E-state index in [4.69, 9.17) is 25.0 Å². The number of para-hydroxylation sites is 1. The Labute approximate surface area is 177 Å². The van der Waals surface area contributed by atoms with E-state index in [1.54, 1.807) is 7.11 Å². The van der Waals surface area contributed by atoms with E-state index in [9.17, 15) is 4.57 Å². The lowest BCUT2D eigenvalue weighted by molar-refractivity contribution is 0.153. The summed E-state index contributed by atoms with van der Waals surface area (Å²) in [6.45, 7) is 0.480. The van der Waals surface area contributed by atoms with Gasteiger partial charge in [0, 0.05) is 5.54 Å².